The Balaban J connectivity index is 2.26. The van der Waals surface area contributed by atoms with E-state index in [2.05, 4.69) is 25.7 Å². The zero-order valence-electron chi connectivity index (χ0n) is 11.5. The molecule has 2 aromatic heterocycles. The Morgan fingerprint density at radius 2 is 1.95 bits per heavy atom. The first-order valence-electron chi connectivity index (χ1n) is 6.08. The summed E-state index contributed by atoms with van der Waals surface area (Å²) >= 11 is 0. The molecular formula is C12H18N6O. The summed E-state index contributed by atoms with van der Waals surface area (Å²) in [6, 6.07) is 0. The van der Waals surface area contributed by atoms with Crippen molar-refractivity contribution in [2.45, 2.75) is 33.6 Å². The molecule has 7 heteroatoms. The zero-order chi connectivity index (χ0) is 14.2. The third kappa shape index (κ3) is 2.31. The van der Waals surface area contributed by atoms with Crippen molar-refractivity contribution in [3.63, 3.8) is 0 Å². The van der Waals surface area contributed by atoms with E-state index in [1.54, 1.807) is 0 Å². The van der Waals surface area contributed by atoms with Crippen molar-refractivity contribution in [2.75, 3.05) is 11.1 Å². The smallest absolute Gasteiger partial charge is 0.278 e. The molecular weight excluding hydrogens is 244 g/mol. The number of carbonyl (C=O) groups is 1. The minimum atomic E-state index is -0.340. The van der Waals surface area contributed by atoms with Gasteiger partial charge in [0.15, 0.2) is 5.69 Å². The van der Waals surface area contributed by atoms with E-state index in [9.17, 15) is 4.79 Å². The van der Waals surface area contributed by atoms with E-state index in [0.717, 1.165) is 17.1 Å². The van der Waals surface area contributed by atoms with Gasteiger partial charge in [-0.2, -0.15) is 10.2 Å². The molecule has 2 aromatic rings. The number of nitrogens with one attached hydrogen (secondary N) is 3. The first kappa shape index (κ1) is 13.1. The maximum atomic E-state index is 12.2. The zero-order valence-corrected chi connectivity index (χ0v) is 11.5. The summed E-state index contributed by atoms with van der Waals surface area (Å²) in [6.07, 6.45) is 0. The van der Waals surface area contributed by atoms with E-state index >= 15 is 0 Å². The van der Waals surface area contributed by atoms with Gasteiger partial charge in [0.2, 0.25) is 0 Å². The van der Waals surface area contributed by atoms with Crippen molar-refractivity contribution >= 4 is 17.3 Å². The molecule has 0 aliphatic rings. The first-order valence-corrected chi connectivity index (χ1v) is 6.08. The number of carbonyl (C=O) groups excluding carboxylic acids is 1. The van der Waals surface area contributed by atoms with Gasteiger partial charge in [-0.25, -0.2) is 0 Å². The van der Waals surface area contributed by atoms with Crippen molar-refractivity contribution in [1.29, 1.82) is 0 Å². The van der Waals surface area contributed by atoms with Gasteiger partial charge in [-0.05, 0) is 19.8 Å². The SMILES string of the molecule is Cc1n[nH]c(C)c1NC(=O)c1n[nH]c(C(C)C)c1N. The summed E-state index contributed by atoms with van der Waals surface area (Å²) < 4.78 is 0. The number of nitrogens with zero attached hydrogens (tertiary/aromatic N) is 2. The fraction of sp³-hybridized carbons (Fsp3) is 0.417. The molecule has 0 fully saturated rings. The fourth-order valence-electron chi connectivity index (χ4n) is 1.89. The Labute approximate surface area is 111 Å². The van der Waals surface area contributed by atoms with Crippen LogP contribution in [0.5, 0.6) is 0 Å². The molecule has 102 valence electrons. The quantitative estimate of drug-likeness (QED) is 0.674. The number of amides is 1. The van der Waals surface area contributed by atoms with Crippen LogP contribution in [0, 0.1) is 13.8 Å². The molecule has 0 atom stereocenters. The maximum Gasteiger partial charge on any atom is 0.278 e. The van der Waals surface area contributed by atoms with Crippen LogP contribution in [0.4, 0.5) is 11.4 Å². The van der Waals surface area contributed by atoms with Crippen molar-refractivity contribution in [3.05, 3.63) is 22.8 Å². The van der Waals surface area contributed by atoms with Crippen LogP contribution < -0.4 is 11.1 Å². The number of anilines is 2. The van der Waals surface area contributed by atoms with E-state index in [1.807, 2.05) is 27.7 Å². The molecule has 0 spiro atoms. The van der Waals surface area contributed by atoms with Crippen LogP contribution in [0.2, 0.25) is 0 Å². The highest BCUT2D eigenvalue weighted by molar-refractivity contribution is 6.07. The molecule has 0 aliphatic heterocycles. The normalized spacial score (nSPS) is 11.0. The van der Waals surface area contributed by atoms with Crippen LogP contribution in [-0.4, -0.2) is 26.3 Å². The number of hydrogen-bond acceptors (Lipinski definition) is 4. The molecule has 0 bridgehead atoms. The lowest BCUT2D eigenvalue weighted by atomic mass is 10.1. The summed E-state index contributed by atoms with van der Waals surface area (Å²) in [4.78, 5) is 12.2. The van der Waals surface area contributed by atoms with Crippen LogP contribution >= 0.6 is 0 Å². The lowest BCUT2D eigenvalue weighted by Crippen LogP contribution is -2.15. The molecule has 2 rings (SSSR count). The second-order valence-corrected chi connectivity index (χ2v) is 4.82. The molecule has 7 nitrogen and oxygen atoms in total. The van der Waals surface area contributed by atoms with Gasteiger partial charge < -0.3 is 11.1 Å². The Hall–Kier alpha value is -2.31. The molecule has 5 N–H and O–H groups in total. The van der Waals surface area contributed by atoms with Crippen LogP contribution in [-0.2, 0) is 0 Å². The lowest BCUT2D eigenvalue weighted by molar-refractivity contribution is 0.102. The topological polar surface area (TPSA) is 112 Å². The van der Waals surface area contributed by atoms with Crippen molar-refractivity contribution < 1.29 is 4.79 Å². The lowest BCUT2D eigenvalue weighted by Gasteiger charge is -2.05. The average molecular weight is 262 g/mol. The van der Waals surface area contributed by atoms with Crippen LogP contribution in [0.1, 0.15) is 47.3 Å². The first-order chi connectivity index (χ1) is 8.91. The molecule has 2 heterocycles. The summed E-state index contributed by atoms with van der Waals surface area (Å²) in [7, 11) is 0. The van der Waals surface area contributed by atoms with Gasteiger partial charge in [-0.3, -0.25) is 15.0 Å². The molecule has 0 radical (unpaired) electrons. The van der Waals surface area contributed by atoms with E-state index in [0.29, 0.717) is 11.4 Å². The largest absolute Gasteiger partial charge is 0.395 e. The molecule has 0 aromatic carbocycles. The standard InChI is InChI=1S/C12H18N6O/c1-5(2)9-8(13)11(18-17-9)12(19)14-10-6(3)15-16-7(10)4/h5H,13H2,1-4H3,(H,14,19)(H,15,16)(H,17,18). The van der Waals surface area contributed by atoms with Gasteiger partial charge in [0.1, 0.15) is 0 Å². The Morgan fingerprint density at radius 1 is 1.26 bits per heavy atom. The maximum absolute atomic E-state index is 12.2. The Morgan fingerprint density at radius 3 is 2.42 bits per heavy atom. The number of nitrogen functional groups attached to an aromatic ring is 1. The third-order valence-electron chi connectivity index (χ3n) is 2.99. The third-order valence-corrected chi connectivity index (χ3v) is 2.99. The number of hydrogen-bond donors (Lipinski definition) is 4. The molecule has 0 unspecified atom stereocenters. The average Bonchev–Trinajstić information content (AvgIpc) is 2.86. The summed E-state index contributed by atoms with van der Waals surface area (Å²) in [5.41, 5.74) is 9.49. The van der Waals surface area contributed by atoms with Crippen LogP contribution in [0.25, 0.3) is 0 Å². The fourth-order valence-corrected chi connectivity index (χ4v) is 1.89. The van der Waals surface area contributed by atoms with Gasteiger partial charge in [-0.15, -0.1) is 0 Å². The highest BCUT2D eigenvalue weighted by Crippen LogP contribution is 2.23. The van der Waals surface area contributed by atoms with E-state index in [4.69, 9.17) is 5.73 Å². The van der Waals surface area contributed by atoms with Crippen molar-refractivity contribution in [3.8, 4) is 0 Å². The van der Waals surface area contributed by atoms with Gasteiger partial charge >= 0.3 is 0 Å². The van der Waals surface area contributed by atoms with Crippen molar-refractivity contribution in [1.82, 2.24) is 20.4 Å². The van der Waals surface area contributed by atoms with Gasteiger partial charge in [0.05, 0.1) is 28.5 Å². The van der Waals surface area contributed by atoms with Gasteiger partial charge in [0.25, 0.3) is 5.91 Å². The van der Waals surface area contributed by atoms with Gasteiger partial charge in [-0.1, -0.05) is 13.8 Å². The number of nitrogens with two attached hydrogens (primary N) is 1. The number of aryl methyl sites for hydroxylation is 2. The highest BCUT2D eigenvalue weighted by Gasteiger charge is 2.20. The Kier molecular flexibility index (Phi) is 3.28. The number of H-pyrrole nitrogens is 2. The summed E-state index contributed by atoms with van der Waals surface area (Å²) in [6.45, 7) is 7.61. The minimum absolute atomic E-state index is 0.187. The molecule has 0 saturated carbocycles. The number of aromatic amines is 2. The van der Waals surface area contributed by atoms with Crippen LogP contribution in [0.3, 0.4) is 0 Å². The summed E-state index contributed by atoms with van der Waals surface area (Å²) in [5.74, 6) is -0.153. The molecule has 19 heavy (non-hydrogen) atoms. The summed E-state index contributed by atoms with van der Waals surface area (Å²) in [5, 5.41) is 16.4. The Bertz CT molecular complexity index is 590. The molecule has 0 saturated heterocycles. The molecule has 1 amide bonds. The highest BCUT2D eigenvalue weighted by atomic mass is 16.2. The second kappa shape index (κ2) is 4.75. The van der Waals surface area contributed by atoms with E-state index < -0.39 is 0 Å². The number of aromatic nitrogens is 4. The molecule has 0 aliphatic carbocycles. The van der Waals surface area contributed by atoms with E-state index in [1.165, 1.54) is 0 Å². The van der Waals surface area contributed by atoms with Crippen molar-refractivity contribution in [2.24, 2.45) is 0 Å². The van der Waals surface area contributed by atoms with Crippen LogP contribution in [0.15, 0.2) is 0 Å². The number of rotatable bonds is 3. The van der Waals surface area contributed by atoms with Gasteiger partial charge in [0, 0.05) is 0 Å². The predicted octanol–water partition coefficient (Wildman–Crippen LogP) is 1.71. The van der Waals surface area contributed by atoms with E-state index in [-0.39, 0.29) is 17.5 Å². The predicted molar refractivity (Wildman–Crippen MR) is 73.1 cm³/mol. The minimum Gasteiger partial charge on any atom is -0.395 e. The monoisotopic (exact) mass is 262 g/mol. The second-order valence-electron chi connectivity index (χ2n) is 4.82.